The lowest BCUT2D eigenvalue weighted by molar-refractivity contribution is 0.0508. The Morgan fingerprint density at radius 1 is 1.10 bits per heavy atom. The van der Waals surface area contributed by atoms with E-state index in [1.807, 2.05) is 0 Å². The molecule has 1 heterocycles. The molecule has 0 aromatic heterocycles. The first kappa shape index (κ1) is 21.1. The summed E-state index contributed by atoms with van der Waals surface area (Å²) in [5, 5.41) is 20.4. The Morgan fingerprint density at radius 3 is 2.52 bits per heavy atom. The number of rotatable bonds is 5. The number of carboxylic acids is 1. The number of halogens is 1. The summed E-state index contributed by atoms with van der Waals surface area (Å²) >= 11 is 0. The minimum atomic E-state index is -1.13. The molecule has 0 fully saturated rings. The van der Waals surface area contributed by atoms with E-state index in [-0.39, 0.29) is 17.0 Å². The van der Waals surface area contributed by atoms with E-state index in [2.05, 4.69) is 38.1 Å². The van der Waals surface area contributed by atoms with Crippen LogP contribution in [0.3, 0.4) is 0 Å². The van der Waals surface area contributed by atoms with Crippen molar-refractivity contribution in [3.63, 3.8) is 0 Å². The Hall–Kier alpha value is -3.18. The summed E-state index contributed by atoms with van der Waals surface area (Å²) in [6, 6.07) is 17.1. The van der Waals surface area contributed by atoms with Gasteiger partial charge in [-0.3, -0.25) is 0 Å². The van der Waals surface area contributed by atoms with Crippen molar-refractivity contribution in [3.05, 3.63) is 88.7 Å². The Balaban J connectivity index is 1.58. The van der Waals surface area contributed by atoms with Crippen LogP contribution in [0.4, 0.5) is 4.39 Å². The van der Waals surface area contributed by atoms with Crippen molar-refractivity contribution in [3.8, 4) is 16.9 Å². The van der Waals surface area contributed by atoms with Gasteiger partial charge in [0.2, 0.25) is 0 Å². The van der Waals surface area contributed by atoms with Crippen molar-refractivity contribution in [1.82, 2.24) is 0 Å². The third kappa shape index (κ3) is 4.32. The zero-order valence-electron chi connectivity index (χ0n) is 17.5. The highest BCUT2D eigenvalue weighted by Gasteiger charge is 2.30. The predicted octanol–water partition coefficient (Wildman–Crippen LogP) is 5.60. The highest BCUT2D eigenvalue weighted by molar-refractivity contribution is 5.96. The van der Waals surface area contributed by atoms with Crippen LogP contribution in [0.2, 0.25) is 0 Å². The SMILES string of the molecule is CC(C)c1ccc(C[C@H]2COc3cc(-c4cc(F)ccc4C(=O)O)ccc3[C@@H]2O)cc1. The molecule has 0 bridgehead atoms. The molecule has 3 aromatic rings. The Labute approximate surface area is 180 Å². The predicted molar refractivity (Wildman–Crippen MR) is 117 cm³/mol. The maximum atomic E-state index is 13.8. The first-order valence-electron chi connectivity index (χ1n) is 10.4. The van der Waals surface area contributed by atoms with Crippen molar-refractivity contribution < 1.29 is 24.1 Å². The second kappa shape index (κ2) is 8.52. The van der Waals surface area contributed by atoms with Crippen LogP contribution < -0.4 is 4.74 Å². The maximum Gasteiger partial charge on any atom is 0.336 e. The highest BCUT2D eigenvalue weighted by Crippen LogP contribution is 2.40. The average Bonchev–Trinajstić information content (AvgIpc) is 2.75. The Kier molecular flexibility index (Phi) is 5.79. The fourth-order valence-corrected chi connectivity index (χ4v) is 4.07. The third-order valence-corrected chi connectivity index (χ3v) is 5.90. The summed E-state index contributed by atoms with van der Waals surface area (Å²) in [5.74, 6) is -0.762. The van der Waals surface area contributed by atoms with Gasteiger partial charge in [-0.2, -0.15) is 0 Å². The fourth-order valence-electron chi connectivity index (χ4n) is 4.07. The van der Waals surface area contributed by atoms with Crippen LogP contribution in [0.25, 0.3) is 11.1 Å². The molecule has 0 saturated carbocycles. The number of aromatic carboxylic acids is 1. The molecule has 0 amide bonds. The maximum absolute atomic E-state index is 13.8. The van der Waals surface area contributed by atoms with Crippen molar-refractivity contribution in [2.45, 2.75) is 32.3 Å². The standard InChI is InChI=1S/C26H25FO4/c1-15(2)17-5-3-16(4-6-17)11-19-14-31-24-12-18(7-9-22(24)25(19)28)23-13-20(27)8-10-21(23)26(29)30/h3-10,12-13,15,19,25,28H,11,14H2,1-2H3,(H,29,30)/t19-,25+/m0/s1. The number of aliphatic hydroxyl groups is 1. The van der Waals surface area contributed by atoms with Gasteiger partial charge >= 0.3 is 5.97 Å². The quantitative estimate of drug-likeness (QED) is 0.564. The molecule has 31 heavy (non-hydrogen) atoms. The molecule has 0 saturated heterocycles. The van der Waals surface area contributed by atoms with Crippen LogP contribution in [0.1, 0.15) is 52.9 Å². The first-order valence-corrected chi connectivity index (χ1v) is 10.4. The molecule has 0 spiro atoms. The molecular formula is C26H25FO4. The Morgan fingerprint density at radius 2 is 1.84 bits per heavy atom. The van der Waals surface area contributed by atoms with Crippen LogP contribution in [-0.2, 0) is 6.42 Å². The van der Waals surface area contributed by atoms with Crippen molar-refractivity contribution in [2.24, 2.45) is 5.92 Å². The lowest BCUT2D eigenvalue weighted by atomic mass is 9.86. The van der Waals surface area contributed by atoms with Gasteiger partial charge in [-0.25, -0.2) is 9.18 Å². The van der Waals surface area contributed by atoms with E-state index in [9.17, 15) is 19.4 Å². The molecular weight excluding hydrogens is 395 g/mol. The van der Waals surface area contributed by atoms with Crippen LogP contribution in [-0.4, -0.2) is 22.8 Å². The van der Waals surface area contributed by atoms with Gasteiger partial charge in [-0.1, -0.05) is 50.2 Å². The number of carbonyl (C=O) groups is 1. The van der Waals surface area contributed by atoms with Crippen LogP contribution in [0.5, 0.6) is 5.75 Å². The van der Waals surface area contributed by atoms with Gasteiger partial charge in [0.1, 0.15) is 11.6 Å². The van der Waals surface area contributed by atoms with E-state index in [4.69, 9.17) is 4.74 Å². The number of hydrogen-bond donors (Lipinski definition) is 2. The van der Waals surface area contributed by atoms with Crippen molar-refractivity contribution in [2.75, 3.05) is 6.61 Å². The largest absolute Gasteiger partial charge is 0.493 e. The van der Waals surface area contributed by atoms with Crippen molar-refractivity contribution in [1.29, 1.82) is 0 Å². The number of aliphatic hydroxyl groups excluding tert-OH is 1. The third-order valence-electron chi connectivity index (χ3n) is 5.90. The molecule has 5 heteroatoms. The minimum Gasteiger partial charge on any atom is -0.493 e. The number of fused-ring (bicyclic) bond motifs is 1. The molecule has 2 N–H and O–H groups in total. The van der Waals surface area contributed by atoms with Crippen LogP contribution in [0.15, 0.2) is 60.7 Å². The lowest BCUT2D eigenvalue weighted by Gasteiger charge is -2.31. The average molecular weight is 420 g/mol. The van der Waals surface area contributed by atoms with Gasteiger partial charge in [-0.05, 0) is 58.9 Å². The zero-order valence-corrected chi connectivity index (χ0v) is 17.5. The summed E-state index contributed by atoms with van der Waals surface area (Å²) in [6.45, 7) is 4.66. The summed E-state index contributed by atoms with van der Waals surface area (Å²) < 4.78 is 19.7. The molecule has 1 aliphatic rings. The Bertz CT molecular complexity index is 1100. The molecule has 0 unspecified atom stereocenters. The van der Waals surface area contributed by atoms with E-state index in [0.29, 0.717) is 35.8 Å². The molecule has 160 valence electrons. The number of carboxylic acid groups (broad SMARTS) is 1. The topological polar surface area (TPSA) is 66.8 Å². The normalized spacial score (nSPS) is 17.8. The molecule has 0 radical (unpaired) electrons. The van der Waals surface area contributed by atoms with E-state index < -0.39 is 17.9 Å². The van der Waals surface area contributed by atoms with Gasteiger partial charge < -0.3 is 14.9 Å². The summed E-state index contributed by atoms with van der Waals surface area (Å²) in [7, 11) is 0. The molecule has 4 nitrogen and oxygen atoms in total. The molecule has 1 aliphatic heterocycles. The second-order valence-electron chi connectivity index (χ2n) is 8.36. The van der Waals surface area contributed by atoms with Gasteiger partial charge in [0.25, 0.3) is 0 Å². The van der Waals surface area contributed by atoms with E-state index in [0.717, 1.165) is 11.6 Å². The second-order valence-corrected chi connectivity index (χ2v) is 8.36. The van der Waals surface area contributed by atoms with Crippen molar-refractivity contribution >= 4 is 5.97 Å². The van der Waals surface area contributed by atoms with Crippen LogP contribution >= 0.6 is 0 Å². The van der Waals surface area contributed by atoms with Crippen LogP contribution in [0, 0.1) is 11.7 Å². The fraction of sp³-hybridized carbons (Fsp3) is 0.269. The smallest absolute Gasteiger partial charge is 0.336 e. The van der Waals surface area contributed by atoms with Gasteiger partial charge in [0.05, 0.1) is 18.3 Å². The highest BCUT2D eigenvalue weighted by atomic mass is 19.1. The zero-order chi connectivity index (χ0) is 22.1. The summed E-state index contributed by atoms with van der Waals surface area (Å²) in [4.78, 5) is 11.5. The summed E-state index contributed by atoms with van der Waals surface area (Å²) in [6.07, 6.45) is -0.0117. The van der Waals surface area contributed by atoms with Gasteiger partial charge in [0.15, 0.2) is 0 Å². The number of benzene rings is 3. The minimum absolute atomic E-state index is 0.0143. The number of ether oxygens (including phenoxy) is 1. The van der Waals surface area contributed by atoms with E-state index in [1.54, 1.807) is 18.2 Å². The molecule has 3 aromatic carbocycles. The van der Waals surface area contributed by atoms with E-state index >= 15 is 0 Å². The molecule has 2 atom stereocenters. The lowest BCUT2D eigenvalue weighted by Crippen LogP contribution is -2.27. The van der Waals surface area contributed by atoms with Gasteiger partial charge in [0, 0.05) is 11.5 Å². The number of hydrogen-bond acceptors (Lipinski definition) is 3. The molecule has 4 rings (SSSR count). The molecule has 0 aliphatic carbocycles. The van der Waals surface area contributed by atoms with E-state index in [1.165, 1.54) is 17.7 Å². The van der Waals surface area contributed by atoms with Gasteiger partial charge in [-0.15, -0.1) is 0 Å². The first-order chi connectivity index (χ1) is 14.8. The monoisotopic (exact) mass is 420 g/mol. The summed E-state index contributed by atoms with van der Waals surface area (Å²) in [5.41, 5.74) is 3.90.